The summed E-state index contributed by atoms with van der Waals surface area (Å²) in [4.78, 5) is 22.8. The summed E-state index contributed by atoms with van der Waals surface area (Å²) in [5, 5.41) is 11.5. The van der Waals surface area contributed by atoms with Gasteiger partial charge in [-0.1, -0.05) is 36.4 Å². The fraction of sp³-hybridized carbons (Fsp3) is 0.136. The molecule has 0 spiro atoms. The minimum atomic E-state index is -4.33. The number of para-hydroxylation sites is 1. The van der Waals surface area contributed by atoms with Gasteiger partial charge in [0.05, 0.1) is 29.6 Å². The van der Waals surface area contributed by atoms with Crippen molar-refractivity contribution < 1.29 is 27.6 Å². The highest BCUT2D eigenvalue weighted by Crippen LogP contribution is 2.33. The standard InChI is InChI=1S/C22H20N2O7S/c1-30-17-11-12-20(16(14-17)13-15-7-4-3-5-8-15)32(28,29)23-21-18(22(25)31-2)9-6-10-19(21)24(26)27/h3-12,14,23H,13H2,1-2H3. The van der Waals surface area contributed by atoms with E-state index in [-0.39, 0.29) is 16.9 Å². The molecule has 1 N–H and O–H groups in total. The number of anilines is 1. The molecule has 3 rings (SSSR count). The number of carbonyl (C=O) groups is 1. The van der Waals surface area contributed by atoms with Crippen molar-refractivity contribution >= 4 is 27.4 Å². The number of sulfonamides is 1. The quantitative estimate of drug-likeness (QED) is 0.311. The van der Waals surface area contributed by atoms with Gasteiger partial charge in [0.1, 0.15) is 11.4 Å². The number of hydrogen-bond donors (Lipinski definition) is 1. The van der Waals surface area contributed by atoms with Crippen LogP contribution in [0.1, 0.15) is 21.5 Å². The molecule has 0 saturated heterocycles. The normalized spacial score (nSPS) is 10.9. The first-order valence-corrected chi connectivity index (χ1v) is 10.8. The molecule has 0 aliphatic heterocycles. The largest absolute Gasteiger partial charge is 0.497 e. The van der Waals surface area contributed by atoms with Crippen molar-refractivity contribution in [2.45, 2.75) is 11.3 Å². The van der Waals surface area contributed by atoms with Crippen molar-refractivity contribution in [3.8, 4) is 5.75 Å². The van der Waals surface area contributed by atoms with Crippen molar-refractivity contribution in [2.75, 3.05) is 18.9 Å². The number of esters is 1. The highest BCUT2D eigenvalue weighted by atomic mass is 32.2. The average Bonchev–Trinajstić information content (AvgIpc) is 2.78. The molecule has 0 bridgehead atoms. The molecule has 0 aliphatic rings. The van der Waals surface area contributed by atoms with E-state index < -0.39 is 32.3 Å². The molecule has 3 aromatic rings. The molecule has 0 aromatic heterocycles. The summed E-state index contributed by atoms with van der Waals surface area (Å²) >= 11 is 0. The second kappa shape index (κ2) is 9.48. The molecule has 10 heteroatoms. The number of nitrogens with zero attached hydrogens (tertiary/aromatic N) is 1. The van der Waals surface area contributed by atoms with Crippen molar-refractivity contribution in [2.24, 2.45) is 0 Å². The zero-order chi connectivity index (χ0) is 23.3. The fourth-order valence-corrected chi connectivity index (χ4v) is 4.48. The van der Waals surface area contributed by atoms with Crippen molar-refractivity contribution in [1.82, 2.24) is 0 Å². The Morgan fingerprint density at radius 1 is 1.03 bits per heavy atom. The van der Waals surface area contributed by atoms with Crippen LogP contribution in [0.3, 0.4) is 0 Å². The van der Waals surface area contributed by atoms with Gasteiger partial charge in [0, 0.05) is 6.07 Å². The molecule has 0 atom stereocenters. The van der Waals surface area contributed by atoms with Crippen molar-refractivity contribution in [3.63, 3.8) is 0 Å². The lowest BCUT2D eigenvalue weighted by Crippen LogP contribution is -2.19. The monoisotopic (exact) mass is 456 g/mol. The van der Waals surface area contributed by atoms with E-state index in [0.717, 1.165) is 18.7 Å². The number of ether oxygens (including phenoxy) is 2. The van der Waals surface area contributed by atoms with E-state index in [1.807, 2.05) is 30.3 Å². The van der Waals surface area contributed by atoms with Gasteiger partial charge in [0.15, 0.2) is 0 Å². The predicted molar refractivity (Wildman–Crippen MR) is 117 cm³/mol. The molecule has 0 unspecified atom stereocenters. The first-order valence-electron chi connectivity index (χ1n) is 9.36. The van der Waals surface area contributed by atoms with Gasteiger partial charge < -0.3 is 9.47 Å². The van der Waals surface area contributed by atoms with Crippen LogP contribution in [0, 0.1) is 10.1 Å². The van der Waals surface area contributed by atoms with Gasteiger partial charge in [-0.15, -0.1) is 0 Å². The molecule has 0 amide bonds. The number of rotatable bonds is 8. The average molecular weight is 456 g/mol. The molecular formula is C22H20N2O7S. The van der Waals surface area contributed by atoms with Gasteiger partial charge in [-0.3, -0.25) is 14.8 Å². The van der Waals surface area contributed by atoms with Crippen LogP contribution in [-0.4, -0.2) is 33.5 Å². The Bertz CT molecular complexity index is 1260. The maximum absolute atomic E-state index is 13.3. The number of nitrogens with one attached hydrogen (secondary N) is 1. The molecule has 9 nitrogen and oxygen atoms in total. The fourth-order valence-electron chi connectivity index (χ4n) is 3.17. The van der Waals surface area contributed by atoms with Crippen LogP contribution in [0.4, 0.5) is 11.4 Å². The summed E-state index contributed by atoms with van der Waals surface area (Å²) < 4.78 is 38.7. The maximum Gasteiger partial charge on any atom is 0.340 e. The van der Waals surface area contributed by atoms with Crippen LogP contribution in [0.5, 0.6) is 5.75 Å². The molecule has 0 saturated carbocycles. The molecule has 32 heavy (non-hydrogen) atoms. The Morgan fingerprint density at radius 2 is 1.75 bits per heavy atom. The third-order valence-electron chi connectivity index (χ3n) is 4.68. The van der Waals surface area contributed by atoms with E-state index in [4.69, 9.17) is 4.74 Å². The molecular weight excluding hydrogens is 436 g/mol. The molecule has 0 aliphatic carbocycles. The Labute approximate surface area is 184 Å². The molecule has 0 heterocycles. The molecule has 0 radical (unpaired) electrons. The first kappa shape index (κ1) is 22.8. The predicted octanol–water partition coefficient (Wildman–Crippen LogP) is 3.78. The number of methoxy groups -OCH3 is 2. The summed E-state index contributed by atoms with van der Waals surface area (Å²) in [6, 6.07) is 17.2. The van der Waals surface area contributed by atoms with Crippen LogP contribution in [0.25, 0.3) is 0 Å². The number of hydrogen-bond acceptors (Lipinski definition) is 7. The number of carbonyl (C=O) groups excluding carboxylic acids is 1. The van der Waals surface area contributed by atoms with Crippen molar-refractivity contribution in [3.05, 3.63) is 93.5 Å². The topological polar surface area (TPSA) is 125 Å². The van der Waals surface area contributed by atoms with Crippen LogP contribution in [0.2, 0.25) is 0 Å². The number of nitro benzene ring substituents is 1. The molecule has 3 aromatic carbocycles. The van der Waals surface area contributed by atoms with Crippen LogP contribution in [0.15, 0.2) is 71.6 Å². The van der Waals surface area contributed by atoms with E-state index >= 15 is 0 Å². The summed E-state index contributed by atoms with van der Waals surface area (Å²) in [6.07, 6.45) is 0.273. The van der Waals surface area contributed by atoms with Gasteiger partial charge in [-0.2, -0.15) is 0 Å². The van der Waals surface area contributed by atoms with E-state index in [1.54, 1.807) is 6.07 Å². The minimum Gasteiger partial charge on any atom is -0.497 e. The second-order valence-electron chi connectivity index (χ2n) is 6.69. The molecule has 0 fully saturated rings. The lowest BCUT2D eigenvalue weighted by atomic mass is 10.0. The maximum atomic E-state index is 13.3. The van der Waals surface area contributed by atoms with Crippen LogP contribution < -0.4 is 9.46 Å². The summed E-state index contributed by atoms with van der Waals surface area (Å²) in [6.45, 7) is 0. The lowest BCUT2D eigenvalue weighted by molar-refractivity contribution is -0.383. The number of nitro groups is 1. The van der Waals surface area contributed by atoms with E-state index in [0.29, 0.717) is 11.3 Å². The van der Waals surface area contributed by atoms with E-state index in [2.05, 4.69) is 9.46 Å². The Hall–Kier alpha value is -3.92. The highest BCUT2D eigenvalue weighted by Gasteiger charge is 2.28. The highest BCUT2D eigenvalue weighted by molar-refractivity contribution is 7.92. The zero-order valence-corrected chi connectivity index (χ0v) is 18.1. The second-order valence-corrected chi connectivity index (χ2v) is 8.34. The third kappa shape index (κ3) is 4.86. The van der Waals surface area contributed by atoms with Gasteiger partial charge in [-0.05, 0) is 41.8 Å². The summed E-state index contributed by atoms with van der Waals surface area (Å²) in [5.74, 6) is -0.457. The lowest BCUT2D eigenvalue weighted by Gasteiger charge is -2.15. The minimum absolute atomic E-state index is 0.101. The Morgan fingerprint density at radius 3 is 2.38 bits per heavy atom. The Kier molecular flexibility index (Phi) is 6.74. The van der Waals surface area contributed by atoms with Gasteiger partial charge >= 0.3 is 5.97 Å². The third-order valence-corrected chi connectivity index (χ3v) is 6.13. The van der Waals surface area contributed by atoms with Gasteiger partial charge in [0.25, 0.3) is 15.7 Å². The van der Waals surface area contributed by atoms with Gasteiger partial charge in [-0.25, -0.2) is 13.2 Å². The summed E-state index contributed by atoms with van der Waals surface area (Å²) in [7, 11) is -1.77. The van der Waals surface area contributed by atoms with E-state index in [9.17, 15) is 23.3 Å². The smallest absolute Gasteiger partial charge is 0.340 e. The zero-order valence-electron chi connectivity index (χ0n) is 17.3. The van der Waals surface area contributed by atoms with E-state index in [1.165, 1.54) is 31.4 Å². The molecule has 166 valence electrons. The first-order chi connectivity index (χ1) is 15.3. The van der Waals surface area contributed by atoms with Crippen LogP contribution in [-0.2, 0) is 21.2 Å². The van der Waals surface area contributed by atoms with Crippen molar-refractivity contribution in [1.29, 1.82) is 0 Å². The number of benzene rings is 3. The van der Waals surface area contributed by atoms with Crippen LogP contribution >= 0.6 is 0 Å². The summed E-state index contributed by atoms with van der Waals surface area (Å²) in [5.41, 5.74) is -0.0387. The Balaban J connectivity index is 2.12. The van der Waals surface area contributed by atoms with Gasteiger partial charge in [0.2, 0.25) is 0 Å². The SMILES string of the molecule is COC(=O)c1cccc([N+](=O)[O-])c1NS(=O)(=O)c1ccc(OC)cc1Cc1ccccc1.